The molecule has 0 unspecified atom stereocenters. The first-order valence-corrected chi connectivity index (χ1v) is 5.97. The Kier molecular flexibility index (Phi) is 6.11. The van der Waals surface area contributed by atoms with Crippen molar-refractivity contribution in [2.24, 2.45) is 5.73 Å². The fourth-order valence-corrected chi connectivity index (χ4v) is 1.61. The van der Waals surface area contributed by atoms with Gasteiger partial charge in [0.2, 0.25) is 5.91 Å². The zero-order valence-corrected chi connectivity index (χ0v) is 11.2. The van der Waals surface area contributed by atoms with Crippen LogP contribution in [0.25, 0.3) is 0 Å². The van der Waals surface area contributed by atoms with Gasteiger partial charge in [0.05, 0.1) is 14.2 Å². The van der Waals surface area contributed by atoms with Crippen LogP contribution >= 0.6 is 0 Å². The Morgan fingerprint density at radius 1 is 1.37 bits per heavy atom. The monoisotopic (exact) mass is 268 g/mol. The predicted molar refractivity (Wildman–Crippen MR) is 71.3 cm³/mol. The van der Waals surface area contributed by atoms with Crippen LogP contribution in [0.2, 0.25) is 0 Å². The van der Waals surface area contributed by atoms with Crippen molar-refractivity contribution < 1.29 is 19.4 Å². The number of amides is 1. The normalized spacial score (nSPS) is 11.9. The largest absolute Gasteiger partial charge is 0.493 e. The van der Waals surface area contributed by atoms with Crippen LogP contribution in [0.5, 0.6) is 11.5 Å². The second-order valence-corrected chi connectivity index (χ2v) is 4.06. The summed E-state index contributed by atoms with van der Waals surface area (Å²) in [5.74, 6) is 0.638. The van der Waals surface area contributed by atoms with Crippen LogP contribution in [0.15, 0.2) is 18.2 Å². The molecule has 1 rings (SSSR count). The third-order valence-corrected chi connectivity index (χ3v) is 2.70. The van der Waals surface area contributed by atoms with Gasteiger partial charge >= 0.3 is 0 Å². The van der Waals surface area contributed by atoms with E-state index in [2.05, 4.69) is 5.32 Å². The Morgan fingerprint density at radius 2 is 2.05 bits per heavy atom. The van der Waals surface area contributed by atoms with E-state index < -0.39 is 12.0 Å². The number of aliphatic hydroxyl groups excluding tert-OH is 1. The fraction of sp³-hybridized carbons (Fsp3) is 0.462. The maximum absolute atomic E-state index is 10.6. The van der Waals surface area contributed by atoms with E-state index in [9.17, 15) is 9.90 Å². The number of aliphatic hydroxyl groups is 1. The van der Waals surface area contributed by atoms with E-state index in [4.69, 9.17) is 15.2 Å². The van der Waals surface area contributed by atoms with E-state index in [0.29, 0.717) is 18.0 Å². The van der Waals surface area contributed by atoms with E-state index >= 15 is 0 Å². The van der Waals surface area contributed by atoms with Crippen LogP contribution in [0, 0.1) is 0 Å². The minimum absolute atomic E-state index is 0.155. The highest BCUT2D eigenvalue weighted by atomic mass is 16.5. The number of nitrogens with one attached hydrogen (secondary N) is 1. The van der Waals surface area contributed by atoms with Gasteiger partial charge in [0.25, 0.3) is 0 Å². The van der Waals surface area contributed by atoms with Gasteiger partial charge < -0.3 is 25.6 Å². The molecule has 0 fully saturated rings. The SMILES string of the molecule is COc1ccc(CCNC[C@H](O)C(N)=O)cc1OC. The molecule has 6 nitrogen and oxygen atoms in total. The minimum atomic E-state index is -1.15. The van der Waals surface area contributed by atoms with Crippen molar-refractivity contribution in [2.75, 3.05) is 27.3 Å². The lowest BCUT2D eigenvalue weighted by molar-refractivity contribution is -0.125. The Balaban J connectivity index is 2.43. The Bertz CT molecular complexity index is 423. The van der Waals surface area contributed by atoms with Gasteiger partial charge in [0.15, 0.2) is 11.5 Å². The van der Waals surface area contributed by atoms with Gasteiger partial charge in [0, 0.05) is 6.54 Å². The number of carbonyl (C=O) groups is 1. The number of primary amides is 1. The second-order valence-electron chi connectivity index (χ2n) is 4.06. The Morgan fingerprint density at radius 3 is 2.63 bits per heavy atom. The number of benzene rings is 1. The van der Waals surface area contributed by atoms with Gasteiger partial charge in [-0.05, 0) is 30.7 Å². The van der Waals surface area contributed by atoms with Crippen LogP contribution in [0.1, 0.15) is 5.56 Å². The first-order chi connectivity index (χ1) is 9.08. The lowest BCUT2D eigenvalue weighted by Crippen LogP contribution is -2.38. The molecule has 1 atom stereocenters. The molecule has 1 aromatic carbocycles. The van der Waals surface area contributed by atoms with Crippen LogP contribution in [0.4, 0.5) is 0 Å². The number of carbonyl (C=O) groups excluding carboxylic acids is 1. The number of methoxy groups -OCH3 is 2. The zero-order valence-electron chi connectivity index (χ0n) is 11.2. The average Bonchev–Trinajstić information content (AvgIpc) is 2.42. The third-order valence-electron chi connectivity index (χ3n) is 2.70. The molecule has 106 valence electrons. The van der Waals surface area contributed by atoms with Crippen molar-refractivity contribution in [3.63, 3.8) is 0 Å². The first kappa shape index (κ1) is 15.3. The Hall–Kier alpha value is -1.79. The van der Waals surface area contributed by atoms with Gasteiger partial charge in [0.1, 0.15) is 6.10 Å². The molecule has 0 saturated heterocycles. The lowest BCUT2D eigenvalue weighted by Gasteiger charge is -2.11. The summed E-state index contributed by atoms with van der Waals surface area (Å²) < 4.78 is 10.4. The topological polar surface area (TPSA) is 93.8 Å². The molecule has 0 saturated carbocycles. The van der Waals surface area contributed by atoms with Gasteiger partial charge in [-0.2, -0.15) is 0 Å². The van der Waals surface area contributed by atoms with E-state index in [1.165, 1.54) is 0 Å². The molecule has 1 aromatic rings. The van der Waals surface area contributed by atoms with Gasteiger partial charge in [-0.15, -0.1) is 0 Å². The highest BCUT2D eigenvalue weighted by Crippen LogP contribution is 2.27. The van der Waals surface area contributed by atoms with E-state index in [-0.39, 0.29) is 6.54 Å². The summed E-state index contributed by atoms with van der Waals surface area (Å²) in [7, 11) is 3.17. The van der Waals surface area contributed by atoms with Crippen molar-refractivity contribution in [2.45, 2.75) is 12.5 Å². The highest BCUT2D eigenvalue weighted by molar-refractivity contribution is 5.78. The maximum Gasteiger partial charge on any atom is 0.247 e. The molecular weight excluding hydrogens is 248 g/mol. The summed E-state index contributed by atoms with van der Waals surface area (Å²) in [6.45, 7) is 0.780. The van der Waals surface area contributed by atoms with Crippen LogP contribution in [-0.4, -0.2) is 44.4 Å². The quantitative estimate of drug-likeness (QED) is 0.562. The second kappa shape index (κ2) is 7.60. The Labute approximate surface area is 112 Å². The number of ether oxygens (including phenoxy) is 2. The van der Waals surface area contributed by atoms with Crippen molar-refractivity contribution in [3.05, 3.63) is 23.8 Å². The molecule has 0 aliphatic rings. The summed E-state index contributed by atoms with van der Waals surface area (Å²) in [6, 6.07) is 5.67. The molecule has 1 amide bonds. The highest BCUT2D eigenvalue weighted by Gasteiger charge is 2.09. The first-order valence-electron chi connectivity index (χ1n) is 5.97. The van der Waals surface area contributed by atoms with Crippen LogP contribution in [-0.2, 0) is 11.2 Å². The molecule has 0 aromatic heterocycles. The molecule has 0 aliphatic carbocycles. The van der Waals surface area contributed by atoms with E-state index in [1.54, 1.807) is 14.2 Å². The van der Waals surface area contributed by atoms with Crippen molar-refractivity contribution in [1.29, 1.82) is 0 Å². The fourth-order valence-electron chi connectivity index (χ4n) is 1.61. The zero-order chi connectivity index (χ0) is 14.3. The van der Waals surface area contributed by atoms with Crippen LogP contribution in [0.3, 0.4) is 0 Å². The molecule has 0 aliphatic heterocycles. The van der Waals surface area contributed by atoms with Gasteiger partial charge in [-0.1, -0.05) is 6.07 Å². The smallest absolute Gasteiger partial charge is 0.247 e. The third kappa shape index (κ3) is 4.76. The van der Waals surface area contributed by atoms with E-state index in [0.717, 1.165) is 12.0 Å². The van der Waals surface area contributed by atoms with Crippen molar-refractivity contribution in [1.82, 2.24) is 5.32 Å². The number of rotatable bonds is 8. The molecular formula is C13H20N2O4. The molecule has 0 radical (unpaired) electrons. The molecule has 0 spiro atoms. The van der Waals surface area contributed by atoms with Crippen molar-refractivity contribution in [3.8, 4) is 11.5 Å². The predicted octanol–water partition coefficient (Wildman–Crippen LogP) is -0.318. The number of nitrogens with two attached hydrogens (primary N) is 1. The summed E-state index contributed by atoms with van der Waals surface area (Å²) in [4.78, 5) is 10.6. The number of hydrogen-bond acceptors (Lipinski definition) is 5. The summed E-state index contributed by atoms with van der Waals surface area (Å²) in [5, 5.41) is 12.2. The number of hydrogen-bond donors (Lipinski definition) is 3. The van der Waals surface area contributed by atoms with Gasteiger partial charge in [-0.25, -0.2) is 0 Å². The average molecular weight is 268 g/mol. The molecule has 0 heterocycles. The molecule has 6 heteroatoms. The van der Waals surface area contributed by atoms with Crippen molar-refractivity contribution >= 4 is 5.91 Å². The van der Waals surface area contributed by atoms with E-state index in [1.807, 2.05) is 18.2 Å². The lowest BCUT2D eigenvalue weighted by atomic mass is 10.1. The molecule has 4 N–H and O–H groups in total. The maximum atomic E-state index is 10.6. The minimum Gasteiger partial charge on any atom is -0.493 e. The summed E-state index contributed by atoms with van der Waals surface area (Å²) >= 11 is 0. The van der Waals surface area contributed by atoms with Crippen LogP contribution < -0.4 is 20.5 Å². The summed E-state index contributed by atoms with van der Waals surface area (Å²) in [5.41, 5.74) is 6.01. The molecule has 0 bridgehead atoms. The standard InChI is InChI=1S/C13H20N2O4/c1-18-11-4-3-9(7-12(11)19-2)5-6-15-8-10(16)13(14)17/h3-4,7,10,15-16H,5-6,8H2,1-2H3,(H2,14,17)/t10-/m0/s1. The molecule has 19 heavy (non-hydrogen) atoms. The summed E-state index contributed by atoms with van der Waals surface area (Å²) in [6.07, 6.45) is -0.406. The van der Waals surface area contributed by atoms with Gasteiger partial charge in [-0.3, -0.25) is 4.79 Å².